The molecule has 28 heavy (non-hydrogen) atoms. The number of carboxylic acid groups (broad SMARTS) is 1. The van der Waals surface area contributed by atoms with Crippen LogP contribution >= 0.6 is 0 Å². The number of likely N-dealkylation sites (tertiary alicyclic amines) is 1. The smallest absolute Gasteiger partial charge is 0.303 e. The fourth-order valence-corrected chi connectivity index (χ4v) is 3.57. The summed E-state index contributed by atoms with van der Waals surface area (Å²) in [5.41, 5.74) is 0.510. The Labute approximate surface area is 163 Å². The van der Waals surface area contributed by atoms with E-state index in [0.717, 1.165) is 19.3 Å². The quantitative estimate of drug-likeness (QED) is 0.819. The van der Waals surface area contributed by atoms with Gasteiger partial charge in [0.25, 0.3) is 5.91 Å². The van der Waals surface area contributed by atoms with Gasteiger partial charge in [-0.15, -0.1) is 5.10 Å². The number of carbonyl (C=O) groups excluding carboxylic acids is 1. The van der Waals surface area contributed by atoms with Crippen molar-refractivity contribution in [3.63, 3.8) is 0 Å². The number of nitrogens with zero attached hydrogens (tertiary/aromatic N) is 4. The molecule has 0 unspecified atom stereocenters. The SMILES string of the molecule is CC(C)c1nc(C(=O)N2CCCC[C@H]2CCC(=O)O)nn1-c1cccc(F)c1. The lowest BCUT2D eigenvalue weighted by atomic mass is 9.98. The fraction of sp³-hybridized carbons (Fsp3) is 0.500. The van der Waals surface area contributed by atoms with Crippen molar-refractivity contribution in [2.75, 3.05) is 6.54 Å². The third kappa shape index (κ3) is 4.37. The Balaban J connectivity index is 1.90. The maximum Gasteiger partial charge on any atom is 0.303 e. The molecule has 0 aliphatic carbocycles. The Morgan fingerprint density at radius 1 is 1.32 bits per heavy atom. The Morgan fingerprint density at radius 3 is 2.79 bits per heavy atom. The highest BCUT2D eigenvalue weighted by Gasteiger charge is 2.31. The molecule has 1 aromatic heterocycles. The molecule has 1 aromatic carbocycles. The third-order valence-electron chi connectivity index (χ3n) is 4.97. The summed E-state index contributed by atoms with van der Waals surface area (Å²) in [5.74, 6) is -0.925. The van der Waals surface area contributed by atoms with Gasteiger partial charge in [-0.3, -0.25) is 9.59 Å². The molecular weight excluding hydrogens is 363 g/mol. The van der Waals surface area contributed by atoms with Gasteiger partial charge in [0, 0.05) is 24.9 Å². The molecule has 1 fully saturated rings. The van der Waals surface area contributed by atoms with Crippen molar-refractivity contribution >= 4 is 11.9 Å². The number of aliphatic carboxylic acids is 1. The molecule has 1 aliphatic rings. The lowest BCUT2D eigenvalue weighted by Crippen LogP contribution is -2.44. The van der Waals surface area contributed by atoms with Gasteiger partial charge in [0.2, 0.25) is 5.82 Å². The highest BCUT2D eigenvalue weighted by atomic mass is 19.1. The van der Waals surface area contributed by atoms with Gasteiger partial charge in [-0.05, 0) is 43.9 Å². The van der Waals surface area contributed by atoms with Crippen LogP contribution in [0, 0.1) is 5.82 Å². The molecule has 2 aromatic rings. The lowest BCUT2D eigenvalue weighted by molar-refractivity contribution is -0.137. The summed E-state index contributed by atoms with van der Waals surface area (Å²) in [6.07, 6.45) is 3.06. The summed E-state index contributed by atoms with van der Waals surface area (Å²) < 4.78 is 15.2. The molecule has 1 N–H and O–H groups in total. The molecule has 1 atom stereocenters. The van der Waals surface area contributed by atoms with Gasteiger partial charge < -0.3 is 10.0 Å². The number of aromatic nitrogens is 3. The number of carbonyl (C=O) groups is 2. The summed E-state index contributed by atoms with van der Waals surface area (Å²) in [6.45, 7) is 4.43. The first kappa shape index (κ1) is 20.0. The molecule has 150 valence electrons. The number of amides is 1. The van der Waals surface area contributed by atoms with E-state index in [0.29, 0.717) is 24.5 Å². The molecule has 1 aliphatic heterocycles. The van der Waals surface area contributed by atoms with Gasteiger partial charge in [-0.2, -0.15) is 0 Å². The molecule has 3 rings (SSSR count). The second-order valence-electron chi connectivity index (χ2n) is 7.42. The van der Waals surface area contributed by atoms with Crippen molar-refractivity contribution in [2.45, 2.75) is 57.9 Å². The van der Waals surface area contributed by atoms with E-state index in [1.54, 1.807) is 17.0 Å². The van der Waals surface area contributed by atoms with Gasteiger partial charge in [-0.1, -0.05) is 19.9 Å². The van der Waals surface area contributed by atoms with Crippen LogP contribution in [0.5, 0.6) is 0 Å². The van der Waals surface area contributed by atoms with Crippen LogP contribution in [-0.4, -0.2) is 49.2 Å². The number of carboxylic acids is 1. The molecule has 0 radical (unpaired) electrons. The molecule has 7 nitrogen and oxygen atoms in total. The first-order valence-electron chi connectivity index (χ1n) is 9.62. The Bertz CT molecular complexity index is 865. The summed E-state index contributed by atoms with van der Waals surface area (Å²) in [6, 6.07) is 5.88. The second-order valence-corrected chi connectivity index (χ2v) is 7.42. The van der Waals surface area contributed by atoms with Gasteiger partial charge in [0.05, 0.1) is 5.69 Å². The van der Waals surface area contributed by atoms with E-state index in [9.17, 15) is 14.0 Å². The maximum absolute atomic E-state index is 13.7. The van der Waals surface area contributed by atoms with Crippen molar-refractivity contribution in [3.05, 3.63) is 41.7 Å². The minimum absolute atomic E-state index is 0.0125. The zero-order valence-electron chi connectivity index (χ0n) is 16.1. The monoisotopic (exact) mass is 388 g/mol. The number of piperidine rings is 1. The molecule has 0 bridgehead atoms. The van der Waals surface area contributed by atoms with Gasteiger partial charge in [0.15, 0.2) is 0 Å². The van der Waals surface area contributed by atoms with Gasteiger partial charge in [0.1, 0.15) is 11.6 Å². The van der Waals surface area contributed by atoms with Crippen molar-refractivity contribution in [1.82, 2.24) is 19.7 Å². The predicted octanol–water partition coefficient (Wildman–Crippen LogP) is 3.39. The number of hydrogen-bond acceptors (Lipinski definition) is 4. The molecular formula is C20H25FN4O3. The Kier molecular flexibility index (Phi) is 6.06. The van der Waals surface area contributed by atoms with Crippen LogP contribution in [-0.2, 0) is 4.79 Å². The molecule has 1 amide bonds. The number of benzene rings is 1. The Morgan fingerprint density at radius 2 is 2.11 bits per heavy atom. The number of rotatable bonds is 6. The topological polar surface area (TPSA) is 88.3 Å². The van der Waals surface area contributed by atoms with E-state index in [1.165, 1.54) is 16.8 Å². The Hall–Kier alpha value is -2.77. The number of halogens is 1. The van der Waals surface area contributed by atoms with E-state index in [1.807, 2.05) is 13.8 Å². The van der Waals surface area contributed by atoms with Crippen molar-refractivity contribution < 1.29 is 19.1 Å². The van der Waals surface area contributed by atoms with E-state index in [2.05, 4.69) is 10.1 Å². The second kappa shape index (κ2) is 8.50. The van der Waals surface area contributed by atoms with Crippen molar-refractivity contribution in [1.29, 1.82) is 0 Å². The lowest BCUT2D eigenvalue weighted by Gasteiger charge is -2.34. The first-order chi connectivity index (χ1) is 13.4. The molecule has 0 saturated carbocycles. The zero-order chi connectivity index (χ0) is 20.3. The fourth-order valence-electron chi connectivity index (χ4n) is 3.57. The van der Waals surface area contributed by atoms with Crippen LogP contribution < -0.4 is 0 Å². The van der Waals surface area contributed by atoms with E-state index in [4.69, 9.17) is 5.11 Å². The summed E-state index contributed by atoms with van der Waals surface area (Å²) in [4.78, 5) is 30.2. The zero-order valence-corrected chi connectivity index (χ0v) is 16.1. The van der Waals surface area contributed by atoms with Gasteiger partial charge >= 0.3 is 5.97 Å². The minimum Gasteiger partial charge on any atom is -0.481 e. The minimum atomic E-state index is -0.867. The van der Waals surface area contributed by atoms with E-state index in [-0.39, 0.29) is 35.9 Å². The molecule has 0 spiro atoms. The summed E-state index contributed by atoms with van der Waals surface area (Å²) >= 11 is 0. The molecule has 8 heteroatoms. The van der Waals surface area contributed by atoms with Crippen LogP contribution in [0.2, 0.25) is 0 Å². The number of hydrogen-bond donors (Lipinski definition) is 1. The van der Waals surface area contributed by atoms with Crippen LogP contribution in [0.15, 0.2) is 24.3 Å². The van der Waals surface area contributed by atoms with E-state index >= 15 is 0 Å². The predicted molar refractivity (Wildman–Crippen MR) is 101 cm³/mol. The average Bonchev–Trinajstić information content (AvgIpc) is 3.12. The first-order valence-corrected chi connectivity index (χ1v) is 9.62. The average molecular weight is 388 g/mol. The molecule has 1 saturated heterocycles. The van der Waals surface area contributed by atoms with Crippen LogP contribution in [0.3, 0.4) is 0 Å². The third-order valence-corrected chi connectivity index (χ3v) is 4.97. The van der Waals surface area contributed by atoms with Crippen molar-refractivity contribution in [2.24, 2.45) is 0 Å². The summed E-state index contributed by atoms with van der Waals surface area (Å²) in [7, 11) is 0. The van der Waals surface area contributed by atoms with Gasteiger partial charge in [-0.25, -0.2) is 14.1 Å². The standard InChI is InChI=1S/C20H25FN4O3/c1-13(2)19-22-18(23-25(19)16-8-5-6-14(21)12-16)20(28)24-11-4-3-7-15(24)9-10-17(26)27/h5-6,8,12-13,15H,3-4,7,9-11H2,1-2H3,(H,26,27)/t15-/m0/s1. The highest BCUT2D eigenvalue weighted by Crippen LogP contribution is 2.24. The van der Waals surface area contributed by atoms with Crippen LogP contribution in [0.4, 0.5) is 4.39 Å². The summed E-state index contributed by atoms with van der Waals surface area (Å²) in [5, 5.41) is 13.4. The normalized spacial score (nSPS) is 17.1. The molecule has 2 heterocycles. The van der Waals surface area contributed by atoms with E-state index < -0.39 is 5.97 Å². The maximum atomic E-state index is 13.7. The van der Waals surface area contributed by atoms with Crippen molar-refractivity contribution in [3.8, 4) is 5.69 Å². The highest BCUT2D eigenvalue weighted by molar-refractivity contribution is 5.90. The van der Waals surface area contributed by atoms with Crippen LogP contribution in [0.1, 0.15) is 68.3 Å². The largest absolute Gasteiger partial charge is 0.481 e. The van der Waals surface area contributed by atoms with Crippen LogP contribution in [0.25, 0.3) is 5.69 Å².